The maximum absolute atomic E-state index is 14.6. The summed E-state index contributed by atoms with van der Waals surface area (Å²) < 4.78 is 40.3. The summed E-state index contributed by atoms with van der Waals surface area (Å²) in [7, 11) is 0. The van der Waals surface area contributed by atoms with Crippen LogP contribution in [0.5, 0.6) is 11.5 Å². The molecule has 0 aliphatic carbocycles. The maximum atomic E-state index is 14.6. The van der Waals surface area contributed by atoms with Crippen molar-refractivity contribution in [2.24, 2.45) is 11.5 Å². The molecule has 0 aliphatic rings. The number of rotatable bonds is 8. The summed E-state index contributed by atoms with van der Waals surface area (Å²) in [6, 6.07) is 1.61. The van der Waals surface area contributed by atoms with Gasteiger partial charge in [0.05, 0.1) is 17.9 Å². The van der Waals surface area contributed by atoms with Gasteiger partial charge in [0.1, 0.15) is 0 Å². The van der Waals surface area contributed by atoms with E-state index in [0.717, 1.165) is 4.88 Å². The smallest absolute Gasteiger partial charge is 0.201 e. The summed E-state index contributed by atoms with van der Waals surface area (Å²) in [4.78, 5) is 0.819. The molecule has 0 amide bonds. The van der Waals surface area contributed by atoms with E-state index in [2.05, 4.69) is 0 Å². The van der Waals surface area contributed by atoms with Gasteiger partial charge in [-0.05, 0) is 38.9 Å². The quantitative estimate of drug-likeness (QED) is 0.730. The molecule has 0 bridgehead atoms. The minimum absolute atomic E-state index is 0.183. The van der Waals surface area contributed by atoms with Crippen molar-refractivity contribution in [3.63, 3.8) is 0 Å². The second-order valence-corrected chi connectivity index (χ2v) is 6.12. The molecule has 1 aromatic carbocycles. The molecule has 1 aromatic heterocycles. The van der Waals surface area contributed by atoms with Crippen molar-refractivity contribution < 1.29 is 18.3 Å². The number of hydrogen-bond acceptors (Lipinski definition) is 5. The Bertz CT molecular complexity index is 593. The van der Waals surface area contributed by atoms with Crippen LogP contribution in [0.25, 0.3) is 10.1 Å². The number of benzene rings is 1. The summed E-state index contributed by atoms with van der Waals surface area (Å²) in [5.41, 5.74) is 10.8. The van der Waals surface area contributed by atoms with Gasteiger partial charge in [0.2, 0.25) is 11.5 Å². The normalized spacial score (nSPS) is 11.1. The molecule has 0 radical (unpaired) electrons. The Kier molecular flexibility index (Phi) is 5.93. The first kappa shape index (κ1) is 16.9. The van der Waals surface area contributed by atoms with Crippen LogP contribution in [0.4, 0.5) is 8.78 Å². The van der Waals surface area contributed by atoms with E-state index in [0.29, 0.717) is 25.9 Å². The molecular formula is C15H20F2N2O2S. The highest BCUT2D eigenvalue weighted by atomic mass is 32.1. The molecule has 0 unspecified atom stereocenters. The average Bonchev–Trinajstić information content (AvgIpc) is 2.89. The lowest BCUT2D eigenvalue weighted by Crippen LogP contribution is -2.11. The third-order valence-electron chi connectivity index (χ3n) is 3.09. The minimum Gasteiger partial charge on any atom is -0.487 e. The van der Waals surface area contributed by atoms with E-state index in [-0.39, 0.29) is 34.8 Å². The van der Waals surface area contributed by atoms with Crippen molar-refractivity contribution in [3.8, 4) is 11.5 Å². The zero-order valence-corrected chi connectivity index (χ0v) is 13.3. The molecule has 0 saturated heterocycles. The van der Waals surface area contributed by atoms with Crippen molar-refractivity contribution in [3.05, 3.63) is 22.6 Å². The Labute approximate surface area is 132 Å². The number of fused-ring (bicyclic) bond motifs is 1. The molecule has 7 heteroatoms. The molecule has 2 rings (SSSR count). The third-order valence-corrected chi connectivity index (χ3v) is 4.13. The van der Waals surface area contributed by atoms with Gasteiger partial charge in [0.15, 0.2) is 11.6 Å². The lowest BCUT2D eigenvalue weighted by atomic mass is 10.2. The third kappa shape index (κ3) is 3.48. The Morgan fingerprint density at radius 3 is 2.09 bits per heavy atom. The highest BCUT2D eigenvalue weighted by molar-refractivity contribution is 7.19. The second kappa shape index (κ2) is 7.71. The zero-order valence-electron chi connectivity index (χ0n) is 12.5. The fourth-order valence-electron chi connectivity index (χ4n) is 2.04. The fraction of sp³-hybridized carbons (Fsp3) is 0.467. The van der Waals surface area contributed by atoms with Gasteiger partial charge in [0, 0.05) is 10.3 Å². The molecule has 122 valence electrons. The Morgan fingerprint density at radius 1 is 1.00 bits per heavy atom. The predicted molar refractivity (Wildman–Crippen MR) is 84.8 cm³/mol. The summed E-state index contributed by atoms with van der Waals surface area (Å²) in [6.45, 7) is 3.03. The van der Waals surface area contributed by atoms with Gasteiger partial charge in [-0.25, -0.2) is 8.78 Å². The highest BCUT2D eigenvalue weighted by Gasteiger charge is 2.24. The Morgan fingerprint density at radius 2 is 1.55 bits per heavy atom. The van der Waals surface area contributed by atoms with Crippen molar-refractivity contribution in [2.45, 2.75) is 19.8 Å². The maximum Gasteiger partial charge on any atom is 0.201 e. The SMILES string of the molecule is Cc1cc2c(F)c(OCCCN)c(OCCCN)c(F)c2s1. The second-order valence-electron chi connectivity index (χ2n) is 4.87. The van der Waals surface area contributed by atoms with E-state index in [9.17, 15) is 8.78 Å². The zero-order chi connectivity index (χ0) is 16.1. The van der Waals surface area contributed by atoms with Crippen LogP contribution in [-0.2, 0) is 0 Å². The van der Waals surface area contributed by atoms with E-state index in [1.165, 1.54) is 11.3 Å². The monoisotopic (exact) mass is 330 g/mol. The van der Waals surface area contributed by atoms with Crippen LogP contribution in [0.2, 0.25) is 0 Å². The van der Waals surface area contributed by atoms with Crippen LogP contribution in [0, 0.1) is 18.6 Å². The van der Waals surface area contributed by atoms with E-state index in [4.69, 9.17) is 20.9 Å². The number of aryl methyl sites for hydroxylation is 1. The molecule has 0 spiro atoms. The van der Waals surface area contributed by atoms with Gasteiger partial charge in [0.25, 0.3) is 0 Å². The lowest BCUT2D eigenvalue weighted by molar-refractivity contribution is 0.247. The molecule has 0 saturated carbocycles. The molecule has 4 nitrogen and oxygen atoms in total. The van der Waals surface area contributed by atoms with Gasteiger partial charge >= 0.3 is 0 Å². The van der Waals surface area contributed by atoms with Crippen molar-refractivity contribution in [1.29, 1.82) is 0 Å². The van der Waals surface area contributed by atoms with E-state index < -0.39 is 11.6 Å². The first-order valence-electron chi connectivity index (χ1n) is 7.17. The largest absolute Gasteiger partial charge is 0.487 e. The standard InChI is InChI=1S/C15H20F2N2O2S/c1-9-8-10-11(16)13(20-6-2-4-18)14(21-7-3-5-19)12(17)15(10)22-9/h8H,2-7,18-19H2,1H3. The molecule has 1 heterocycles. The van der Waals surface area contributed by atoms with Crippen LogP contribution in [0.1, 0.15) is 17.7 Å². The molecule has 4 N–H and O–H groups in total. The number of ether oxygens (including phenoxy) is 2. The predicted octanol–water partition coefficient (Wildman–Crippen LogP) is 2.94. The molecule has 2 aromatic rings. The van der Waals surface area contributed by atoms with Gasteiger partial charge < -0.3 is 20.9 Å². The number of hydrogen-bond donors (Lipinski definition) is 2. The van der Waals surface area contributed by atoms with Crippen LogP contribution in [0.15, 0.2) is 6.07 Å². The minimum atomic E-state index is -0.597. The summed E-state index contributed by atoms with van der Waals surface area (Å²) in [6.07, 6.45) is 1.09. The van der Waals surface area contributed by atoms with E-state index >= 15 is 0 Å². The first-order chi connectivity index (χ1) is 10.6. The number of thiophene rings is 1. The van der Waals surface area contributed by atoms with Crippen molar-refractivity contribution in [2.75, 3.05) is 26.3 Å². The van der Waals surface area contributed by atoms with E-state index in [1.807, 2.05) is 0 Å². The van der Waals surface area contributed by atoms with E-state index in [1.54, 1.807) is 13.0 Å². The van der Waals surface area contributed by atoms with Crippen LogP contribution < -0.4 is 20.9 Å². The topological polar surface area (TPSA) is 70.5 Å². The molecular weight excluding hydrogens is 310 g/mol. The lowest BCUT2D eigenvalue weighted by Gasteiger charge is -2.15. The Balaban J connectivity index is 2.45. The Hall–Kier alpha value is -1.44. The van der Waals surface area contributed by atoms with Gasteiger partial charge in [-0.2, -0.15) is 0 Å². The molecule has 0 atom stereocenters. The fourth-order valence-corrected chi connectivity index (χ4v) is 2.98. The number of halogens is 2. The van der Waals surface area contributed by atoms with Crippen LogP contribution in [-0.4, -0.2) is 26.3 Å². The average molecular weight is 330 g/mol. The molecule has 22 heavy (non-hydrogen) atoms. The summed E-state index contributed by atoms with van der Waals surface area (Å²) >= 11 is 1.19. The van der Waals surface area contributed by atoms with Gasteiger partial charge in [-0.15, -0.1) is 11.3 Å². The van der Waals surface area contributed by atoms with Gasteiger partial charge in [-0.3, -0.25) is 0 Å². The van der Waals surface area contributed by atoms with Crippen LogP contribution in [0.3, 0.4) is 0 Å². The summed E-state index contributed by atoms with van der Waals surface area (Å²) in [5, 5.41) is 0.217. The number of nitrogens with two attached hydrogens (primary N) is 2. The van der Waals surface area contributed by atoms with Crippen molar-refractivity contribution >= 4 is 21.4 Å². The van der Waals surface area contributed by atoms with Gasteiger partial charge in [-0.1, -0.05) is 0 Å². The summed E-state index contributed by atoms with van der Waals surface area (Å²) in [5.74, 6) is -1.56. The first-order valence-corrected chi connectivity index (χ1v) is 7.98. The highest BCUT2D eigenvalue weighted by Crippen LogP contribution is 2.43. The molecule has 0 aliphatic heterocycles. The van der Waals surface area contributed by atoms with Crippen molar-refractivity contribution in [1.82, 2.24) is 0 Å². The van der Waals surface area contributed by atoms with Crippen LogP contribution >= 0.6 is 11.3 Å². The molecule has 0 fully saturated rings.